The molecule has 0 atom stereocenters. The first kappa shape index (κ1) is 12.8. The fourth-order valence-electron chi connectivity index (χ4n) is 1.71. The summed E-state index contributed by atoms with van der Waals surface area (Å²) in [5.41, 5.74) is 0.259. The number of rotatable bonds is 5. The number of para-hydroxylation sites is 1. The van der Waals surface area contributed by atoms with E-state index in [1.54, 1.807) is 12.1 Å². The van der Waals surface area contributed by atoms with Gasteiger partial charge in [0.2, 0.25) is 17.5 Å². The molecule has 0 radical (unpaired) electrons. The third-order valence-corrected chi connectivity index (χ3v) is 3.19. The van der Waals surface area contributed by atoms with Crippen molar-refractivity contribution in [1.29, 1.82) is 5.26 Å². The monoisotopic (exact) mass is 289 g/mol. The Labute approximate surface area is 121 Å². The molecule has 1 fully saturated rings. The van der Waals surface area contributed by atoms with Crippen molar-refractivity contribution in [3.8, 4) is 11.8 Å². The first-order valence-corrected chi connectivity index (χ1v) is 6.67. The number of nitriles is 1. The van der Waals surface area contributed by atoms with Crippen LogP contribution < -0.4 is 10.1 Å². The minimum atomic E-state index is 0.130. The zero-order valence-corrected chi connectivity index (χ0v) is 11.4. The summed E-state index contributed by atoms with van der Waals surface area (Å²) in [4.78, 5) is 4.10. The van der Waals surface area contributed by atoms with E-state index >= 15 is 0 Å². The highest BCUT2D eigenvalue weighted by Crippen LogP contribution is 2.28. The van der Waals surface area contributed by atoms with Crippen molar-refractivity contribution in [2.75, 3.05) is 5.32 Å². The van der Waals surface area contributed by atoms with Gasteiger partial charge in [0.1, 0.15) is 11.8 Å². The molecule has 3 rings (SSSR count). The summed E-state index contributed by atoms with van der Waals surface area (Å²) in [5.74, 6) is 1.33. The van der Waals surface area contributed by atoms with Gasteiger partial charge in [0.15, 0.2) is 6.61 Å². The van der Waals surface area contributed by atoms with Crippen molar-refractivity contribution in [1.82, 2.24) is 4.98 Å². The highest BCUT2D eigenvalue weighted by Gasteiger charge is 2.25. The predicted molar refractivity (Wildman–Crippen MR) is 73.6 cm³/mol. The van der Waals surface area contributed by atoms with Crippen LogP contribution in [0.5, 0.6) is 5.75 Å². The second-order valence-electron chi connectivity index (χ2n) is 4.53. The summed E-state index contributed by atoms with van der Waals surface area (Å²) >= 11 is 5.99. The molecule has 1 aliphatic carbocycles. The van der Waals surface area contributed by atoms with Crippen molar-refractivity contribution < 1.29 is 9.15 Å². The Balaban J connectivity index is 1.70. The van der Waals surface area contributed by atoms with E-state index in [9.17, 15) is 0 Å². The molecule has 1 saturated carbocycles. The molecule has 0 aliphatic heterocycles. The molecule has 1 aromatic carbocycles. The van der Waals surface area contributed by atoms with Crippen LogP contribution in [0.25, 0.3) is 0 Å². The number of aromatic nitrogens is 1. The van der Waals surface area contributed by atoms with E-state index in [-0.39, 0.29) is 12.3 Å². The lowest BCUT2D eigenvalue weighted by Gasteiger charge is -2.04. The molecule has 1 aromatic heterocycles. The van der Waals surface area contributed by atoms with E-state index in [4.69, 9.17) is 26.0 Å². The third-order valence-electron chi connectivity index (χ3n) is 2.88. The number of ether oxygens (including phenoxy) is 1. The second-order valence-corrected chi connectivity index (χ2v) is 4.94. The minimum absolute atomic E-state index is 0.130. The number of nitrogens with one attached hydrogen (secondary N) is 1. The summed E-state index contributed by atoms with van der Waals surface area (Å²) < 4.78 is 11.0. The molecular formula is C14H12ClN3O2. The van der Waals surface area contributed by atoms with E-state index in [0.29, 0.717) is 28.6 Å². The van der Waals surface area contributed by atoms with Crippen LogP contribution in [0.1, 0.15) is 24.4 Å². The van der Waals surface area contributed by atoms with E-state index in [1.165, 1.54) is 0 Å². The number of hydrogen-bond donors (Lipinski definition) is 1. The molecule has 20 heavy (non-hydrogen) atoms. The number of halogens is 1. The largest absolute Gasteiger partial charge is 0.482 e. The molecule has 1 heterocycles. The van der Waals surface area contributed by atoms with E-state index in [2.05, 4.69) is 10.3 Å². The third kappa shape index (κ3) is 2.86. The Kier molecular flexibility index (Phi) is 3.48. The van der Waals surface area contributed by atoms with Gasteiger partial charge in [-0.15, -0.1) is 0 Å². The molecule has 1 N–H and O–H groups in total. The van der Waals surface area contributed by atoms with E-state index in [1.807, 2.05) is 18.2 Å². The average molecular weight is 290 g/mol. The van der Waals surface area contributed by atoms with Crippen LogP contribution in [0.15, 0.2) is 28.7 Å². The van der Waals surface area contributed by atoms with Crippen LogP contribution in [0.2, 0.25) is 5.02 Å². The van der Waals surface area contributed by atoms with Gasteiger partial charge in [-0.2, -0.15) is 10.2 Å². The number of nitrogens with zero attached hydrogens (tertiary/aromatic N) is 2. The van der Waals surface area contributed by atoms with E-state index < -0.39 is 0 Å². The molecule has 0 unspecified atom stereocenters. The van der Waals surface area contributed by atoms with Gasteiger partial charge in [-0.3, -0.25) is 0 Å². The van der Waals surface area contributed by atoms with Crippen molar-refractivity contribution in [2.24, 2.45) is 0 Å². The lowest BCUT2D eigenvalue weighted by Crippen LogP contribution is -2.00. The Hall–Kier alpha value is -2.19. The van der Waals surface area contributed by atoms with Crippen molar-refractivity contribution in [3.05, 3.63) is 40.9 Å². The summed E-state index contributed by atoms with van der Waals surface area (Å²) in [6.45, 7) is 0.130. The molecule has 2 aromatic rings. The molecule has 102 valence electrons. The zero-order valence-electron chi connectivity index (χ0n) is 10.6. The fraction of sp³-hybridized carbons (Fsp3) is 0.286. The molecule has 0 amide bonds. The second kappa shape index (κ2) is 5.43. The molecular weight excluding hydrogens is 278 g/mol. The first-order chi connectivity index (χ1) is 9.76. The summed E-state index contributed by atoms with van der Waals surface area (Å²) in [7, 11) is 0. The van der Waals surface area contributed by atoms with Crippen LogP contribution in [0.3, 0.4) is 0 Å². The maximum Gasteiger partial charge on any atom is 0.236 e. The zero-order chi connectivity index (χ0) is 13.9. The van der Waals surface area contributed by atoms with Gasteiger partial charge >= 0.3 is 0 Å². The lowest BCUT2D eigenvalue weighted by atomic mass is 10.3. The SMILES string of the molecule is N#Cc1nc(COc2ccccc2Cl)oc1NC1CC1. The molecule has 6 heteroatoms. The Morgan fingerprint density at radius 2 is 2.25 bits per heavy atom. The van der Waals surface area contributed by atoms with Crippen molar-refractivity contribution in [2.45, 2.75) is 25.5 Å². The standard InChI is InChI=1S/C14H12ClN3O2/c15-10-3-1-2-4-12(10)19-8-13-18-11(7-16)14(20-13)17-9-5-6-9/h1-4,9,17H,5-6,8H2. The Morgan fingerprint density at radius 1 is 1.45 bits per heavy atom. The predicted octanol–water partition coefficient (Wildman–Crippen LogP) is 3.35. The van der Waals surface area contributed by atoms with Crippen LogP contribution >= 0.6 is 11.6 Å². The van der Waals surface area contributed by atoms with Crippen LogP contribution in [0, 0.1) is 11.3 Å². The summed E-state index contributed by atoms with van der Waals surface area (Å²) in [5, 5.41) is 12.7. The molecule has 5 nitrogen and oxygen atoms in total. The number of hydrogen-bond acceptors (Lipinski definition) is 5. The summed E-state index contributed by atoms with van der Waals surface area (Å²) in [6.07, 6.45) is 2.19. The number of oxazole rings is 1. The van der Waals surface area contributed by atoms with Gasteiger partial charge in [-0.1, -0.05) is 23.7 Å². The first-order valence-electron chi connectivity index (χ1n) is 6.30. The number of anilines is 1. The van der Waals surface area contributed by atoms with Gasteiger partial charge in [0, 0.05) is 6.04 Å². The molecule has 0 bridgehead atoms. The van der Waals surface area contributed by atoms with Gasteiger partial charge in [0.05, 0.1) is 5.02 Å². The van der Waals surface area contributed by atoms with E-state index in [0.717, 1.165) is 12.8 Å². The molecule has 1 aliphatic rings. The molecule has 0 saturated heterocycles. The maximum atomic E-state index is 9.02. The Morgan fingerprint density at radius 3 is 2.95 bits per heavy atom. The lowest BCUT2D eigenvalue weighted by molar-refractivity contribution is 0.265. The fourth-order valence-corrected chi connectivity index (χ4v) is 1.90. The van der Waals surface area contributed by atoms with Gasteiger partial charge < -0.3 is 14.5 Å². The molecule has 0 spiro atoms. The minimum Gasteiger partial charge on any atom is -0.482 e. The smallest absolute Gasteiger partial charge is 0.236 e. The van der Waals surface area contributed by atoms with Crippen molar-refractivity contribution in [3.63, 3.8) is 0 Å². The topological polar surface area (TPSA) is 71.1 Å². The normalized spacial score (nSPS) is 13.8. The van der Waals surface area contributed by atoms with Crippen molar-refractivity contribution >= 4 is 17.5 Å². The highest BCUT2D eigenvalue weighted by atomic mass is 35.5. The van der Waals surface area contributed by atoms with Crippen LogP contribution in [-0.4, -0.2) is 11.0 Å². The highest BCUT2D eigenvalue weighted by molar-refractivity contribution is 6.32. The van der Waals surface area contributed by atoms with Crippen LogP contribution in [-0.2, 0) is 6.61 Å². The summed E-state index contributed by atoms with van der Waals surface area (Å²) in [6, 6.07) is 9.57. The Bertz CT molecular complexity index is 659. The maximum absolute atomic E-state index is 9.02. The van der Waals surface area contributed by atoms with Crippen LogP contribution in [0.4, 0.5) is 5.88 Å². The quantitative estimate of drug-likeness (QED) is 0.914. The van der Waals surface area contributed by atoms with Gasteiger partial charge in [-0.05, 0) is 25.0 Å². The average Bonchev–Trinajstić information content (AvgIpc) is 3.17. The van der Waals surface area contributed by atoms with Gasteiger partial charge in [-0.25, -0.2) is 0 Å². The number of benzene rings is 1. The van der Waals surface area contributed by atoms with Gasteiger partial charge in [0.25, 0.3) is 0 Å².